The average molecular weight is 295 g/mol. The first-order chi connectivity index (χ1) is 9.61. The van der Waals surface area contributed by atoms with Gasteiger partial charge in [0.1, 0.15) is 0 Å². The molecule has 20 heavy (non-hydrogen) atoms. The molecule has 0 radical (unpaired) electrons. The van der Waals surface area contributed by atoms with Gasteiger partial charge in [-0.25, -0.2) is 4.98 Å². The van der Waals surface area contributed by atoms with E-state index < -0.39 is 0 Å². The lowest BCUT2D eigenvalue weighted by Crippen LogP contribution is -2.21. The molecule has 0 bridgehead atoms. The SMILES string of the molecule is CCCCCN(C)c1nc(C2CC2)c(CNC(C)C)s1. The molecule has 1 fully saturated rings. The topological polar surface area (TPSA) is 28.2 Å². The van der Waals surface area contributed by atoms with Crippen molar-refractivity contribution in [2.75, 3.05) is 18.5 Å². The first-order valence-electron chi connectivity index (χ1n) is 8.06. The Labute approximate surface area is 127 Å². The van der Waals surface area contributed by atoms with Gasteiger partial charge in [0.2, 0.25) is 0 Å². The Hall–Kier alpha value is -0.610. The van der Waals surface area contributed by atoms with E-state index in [1.54, 1.807) is 0 Å². The summed E-state index contributed by atoms with van der Waals surface area (Å²) in [5.41, 5.74) is 1.38. The van der Waals surface area contributed by atoms with Gasteiger partial charge in [-0.3, -0.25) is 0 Å². The Bertz CT molecular complexity index is 410. The largest absolute Gasteiger partial charge is 0.351 e. The van der Waals surface area contributed by atoms with Crippen molar-refractivity contribution in [3.63, 3.8) is 0 Å². The van der Waals surface area contributed by atoms with E-state index in [0.717, 1.165) is 19.0 Å². The summed E-state index contributed by atoms with van der Waals surface area (Å²) >= 11 is 1.89. The fourth-order valence-corrected chi connectivity index (χ4v) is 3.39. The van der Waals surface area contributed by atoms with Gasteiger partial charge >= 0.3 is 0 Å². The van der Waals surface area contributed by atoms with Gasteiger partial charge in [0, 0.05) is 37.0 Å². The van der Waals surface area contributed by atoms with E-state index in [4.69, 9.17) is 4.98 Å². The number of aromatic nitrogens is 1. The van der Waals surface area contributed by atoms with Gasteiger partial charge in [0.05, 0.1) is 5.69 Å². The van der Waals surface area contributed by atoms with Crippen molar-refractivity contribution < 1.29 is 0 Å². The van der Waals surface area contributed by atoms with Crippen molar-refractivity contribution in [1.82, 2.24) is 10.3 Å². The molecule has 0 unspecified atom stereocenters. The Kier molecular flexibility index (Phi) is 5.85. The Balaban J connectivity index is 2.00. The van der Waals surface area contributed by atoms with Crippen LogP contribution in [-0.2, 0) is 6.54 Å². The number of rotatable bonds is 9. The molecule has 0 amide bonds. The van der Waals surface area contributed by atoms with Crippen LogP contribution in [0.5, 0.6) is 0 Å². The van der Waals surface area contributed by atoms with E-state index in [1.165, 1.54) is 47.8 Å². The molecule has 1 N–H and O–H groups in total. The maximum absolute atomic E-state index is 4.93. The molecule has 2 rings (SSSR count). The Morgan fingerprint density at radius 2 is 2.10 bits per heavy atom. The summed E-state index contributed by atoms with van der Waals surface area (Å²) in [5.74, 6) is 0.744. The highest BCUT2D eigenvalue weighted by Gasteiger charge is 2.30. The van der Waals surface area contributed by atoms with Gasteiger partial charge in [0.25, 0.3) is 0 Å². The molecule has 0 saturated heterocycles. The molecule has 1 heterocycles. The third-order valence-corrected chi connectivity index (χ3v) is 4.96. The van der Waals surface area contributed by atoms with Crippen molar-refractivity contribution in [2.24, 2.45) is 0 Å². The van der Waals surface area contributed by atoms with Gasteiger partial charge in [0.15, 0.2) is 5.13 Å². The minimum Gasteiger partial charge on any atom is -0.351 e. The zero-order valence-corrected chi connectivity index (χ0v) is 14.2. The lowest BCUT2D eigenvalue weighted by Gasteiger charge is -2.14. The highest BCUT2D eigenvalue weighted by molar-refractivity contribution is 7.15. The van der Waals surface area contributed by atoms with Crippen molar-refractivity contribution in [3.05, 3.63) is 10.6 Å². The van der Waals surface area contributed by atoms with Gasteiger partial charge in [-0.1, -0.05) is 33.6 Å². The minimum atomic E-state index is 0.537. The molecule has 0 atom stereocenters. The van der Waals surface area contributed by atoms with Gasteiger partial charge in [-0.2, -0.15) is 0 Å². The molecular weight excluding hydrogens is 266 g/mol. The zero-order chi connectivity index (χ0) is 14.5. The lowest BCUT2D eigenvalue weighted by atomic mass is 10.2. The number of anilines is 1. The summed E-state index contributed by atoms with van der Waals surface area (Å²) in [6, 6.07) is 0.537. The second-order valence-corrected chi connectivity index (χ2v) is 7.31. The van der Waals surface area contributed by atoms with Gasteiger partial charge in [-0.15, -0.1) is 11.3 Å². The predicted molar refractivity (Wildman–Crippen MR) is 88.9 cm³/mol. The zero-order valence-electron chi connectivity index (χ0n) is 13.4. The molecule has 1 saturated carbocycles. The lowest BCUT2D eigenvalue weighted by molar-refractivity contribution is 0.590. The molecule has 1 aliphatic rings. The number of hydrogen-bond donors (Lipinski definition) is 1. The van der Waals surface area contributed by atoms with Crippen molar-refractivity contribution in [3.8, 4) is 0 Å². The van der Waals surface area contributed by atoms with Crippen LogP contribution in [0, 0.1) is 0 Å². The smallest absolute Gasteiger partial charge is 0.185 e. The van der Waals surface area contributed by atoms with E-state index >= 15 is 0 Å². The number of thiazole rings is 1. The highest BCUT2D eigenvalue weighted by atomic mass is 32.1. The summed E-state index contributed by atoms with van der Waals surface area (Å²) in [4.78, 5) is 8.73. The van der Waals surface area contributed by atoms with E-state index in [-0.39, 0.29) is 0 Å². The van der Waals surface area contributed by atoms with Crippen LogP contribution < -0.4 is 10.2 Å². The third-order valence-electron chi connectivity index (χ3n) is 3.77. The summed E-state index contributed by atoms with van der Waals surface area (Å²) in [5, 5.41) is 4.75. The quantitative estimate of drug-likeness (QED) is 0.694. The molecule has 114 valence electrons. The van der Waals surface area contributed by atoms with Crippen LogP contribution in [0.2, 0.25) is 0 Å². The van der Waals surface area contributed by atoms with Gasteiger partial charge < -0.3 is 10.2 Å². The molecule has 1 aromatic heterocycles. The Morgan fingerprint density at radius 3 is 2.70 bits per heavy atom. The number of nitrogens with one attached hydrogen (secondary N) is 1. The minimum absolute atomic E-state index is 0.537. The fourth-order valence-electron chi connectivity index (χ4n) is 2.31. The average Bonchev–Trinajstić information content (AvgIpc) is 3.16. The van der Waals surface area contributed by atoms with Gasteiger partial charge in [-0.05, 0) is 19.3 Å². The molecule has 0 spiro atoms. The highest BCUT2D eigenvalue weighted by Crippen LogP contribution is 2.44. The fraction of sp³-hybridized carbons (Fsp3) is 0.812. The van der Waals surface area contributed by atoms with Crippen LogP contribution in [0.25, 0.3) is 0 Å². The number of hydrogen-bond acceptors (Lipinski definition) is 4. The van der Waals surface area contributed by atoms with Crippen LogP contribution in [0.4, 0.5) is 5.13 Å². The molecular formula is C16H29N3S. The summed E-state index contributed by atoms with van der Waals surface area (Å²) < 4.78 is 0. The maximum Gasteiger partial charge on any atom is 0.185 e. The first-order valence-corrected chi connectivity index (χ1v) is 8.87. The van der Waals surface area contributed by atoms with Crippen LogP contribution >= 0.6 is 11.3 Å². The van der Waals surface area contributed by atoms with E-state index in [1.807, 2.05) is 11.3 Å². The van der Waals surface area contributed by atoms with Crippen molar-refractivity contribution >= 4 is 16.5 Å². The number of nitrogens with zero attached hydrogens (tertiary/aromatic N) is 2. The summed E-state index contributed by atoms with van der Waals surface area (Å²) in [7, 11) is 2.19. The predicted octanol–water partition coefficient (Wildman–Crippen LogP) is 4.14. The normalized spacial score (nSPS) is 15.1. The van der Waals surface area contributed by atoms with Crippen LogP contribution in [0.1, 0.15) is 69.4 Å². The summed E-state index contributed by atoms with van der Waals surface area (Å²) in [6.07, 6.45) is 6.52. The molecule has 4 heteroatoms. The third kappa shape index (κ3) is 4.45. The van der Waals surface area contributed by atoms with E-state index in [9.17, 15) is 0 Å². The number of unbranched alkanes of at least 4 members (excludes halogenated alkanes) is 2. The van der Waals surface area contributed by atoms with Crippen LogP contribution in [0.15, 0.2) is 0 Å². The molecule has 0 aromatic carbocycles. The Morgan fingerprint density at radius 1 is 1.35 bits per heavy atom. The van der Waals surface area contributed by atoms with Crippen molar-refractivity contribution in [1.29, 1.82) is 0 Å². The van der Waals surface area contributed by atoms with E-state index in [0.29, 0.717) is 6.04 Å². The summed E-state index contributed by atoms with van der Waals surface area (Å²) in [6.45, 7) is 8.77. The maximum atomic E-state index is 4.93. The standard InChI is InChI=1S/C16H29N3S/c1-5-6-7-10-19(4)16-18-15(13-8-9-13)14(20-16)11-17-12(2)3/h12-13,17H,5-11H2,1-4H3. The molecule has 0 aliphatic heterocycles. The van der Waals surface area contributed by atoms with Crippen LogP contribution in [-0.4, -0.2) is 24.6 Å². The van der Waals surface area contributed by atoms with Crippen LogP contribution in [0.3, 0.4) is 0 Å². The monoisotopic (exact) mass is 295 g/mol. The van der Waals surface area contributed by atoms with Crippen molar-refractivity contribution in [2.45, 2.75) is 71.4 Å². The molecule has 1 aromatic rings. The molecule has 3 nitrogen and oxygen atoms in total. The molecule has 1 aliphatic carbocycles. The first kappa shape index (κ1) is 15.8. The van der Waals surface area contributed by atoms with E-state index in [2.05, 4.69) is 38.0 Å². The second kappa shape index (κ2) is 7.41. The second-order valence-electron chi connectivity index (χ2n) is 6.24.